The molecule has 1 amide bonds. The summed E-state index contributed by atoms with van der Waals surface area (Å²) in [5.41, 5.74) is 0.756. The van der Waals surface area contributed by atoms with E-state index >= 15 is 0 Å². The molecule has 98 valence electrons. The summed E-state index contributed by atoms with van der Waals surface area (Å²) in [5, 5.41) is 12.9. The van der Waals surface area contributed by atoms with Gasteiger partial charge in [-0.05, 0) is 43.0 Å². The van der Waals surface area contributed by atoms with Gasteiger partial charge in [-0.25, -0.2) is 0 Å². The first-order valence-corrected chi connectivity index (χ1v) is 6.76. The first kappa shape index (κ1) is 13.4. The van der Waals surface area contributed by atoms with Gasteiger partial charge in [-0.3, -0.25) is 4.79 Å². The van der Waals surface area contributed by atoms with Crippen LogP contribution in [0.5, 0.6) is 0 Å². The fourth-order valence-electron chi connectivity index (χ4n) is 2.54. The Morgan fingerprint density at radius 2 is 1.94 bits per heavy atom. The Hall–Kier alpha value is -1.06. The van der Waals surface area contributed by atoms with Crippen LogP contribution in [0.1, 0.15) is 25.7 Å². The number of carbonyl (C=O) groups excluding carboxylic acids is 1. The van der Waals surface area contributed by atoms with Crippen molar-refractivity contribution in [1.29, 1.82) is 0 Å². The molecule has 0 saturated heterocycles. The zero-order valence-electron chi connectivity index (χ0n) is 10.2. The van der Waals surface area contributed by atoms with Crippen molar-refractivity contribution in [3.63, 3.8) is 0 Å². The Labute approximate surface area is 112 Å². The quantitative estimate of drug-likeness (QED) is 0.884. The van der Waals surface area contributed by atoms with E-state index in [0.29, 0.717) is 5.02 Å². The zero-order chi connectivity index (χ0) is 13.0. The van der Waals surface area contributed by atoms with Crippen LogP contribution in [0.2, 0.25) is 5.02 Å². The molecule has 0 aliphatic heterocycles. The molecule has 2 N–H and O–H groups in total. The van der Waals surface area contributed by atoms with Crippen LogP contribution in [-0.4, -0.2) is 17.6 Å². The van der Waals surface area contributed by atoms with E-state index in [1.807, 2.05) is 0 Å². The van der Waals surface area contributed by atoms with Crippen molar-refractivity contribution in [3.05, 3.63) is 29.3 Å². The minimum atomic E-state index is -0.0700. The maximum absolute atomic E-state index is 12.2. The lowest BCUT2D eigenvalue weighted by Crippen LogP contribution is -2.33. The normalized spacial score (nSPS) is 23.7. The number of anilines is 1. The highest BCUT2D eigenvalue weighted by atomic mass is 35.5. The van der Waals surface area contributed by atoms with Crippen molar-refractivity contribution < 1.29 is 9.90 Å². The van der Waals surface area contributed by atoms with Gasteiger partial charge in [0, 0.05) is 23.2 Å². The second kappa shape index (κ2) is 6.21. The lowest BCUT2D eigenvalue weighted by molar-refractivity contribution is -0.123. The minimum absolute atomic E-state index is 0.0103. The smallest absolute Gasteiger partial charge is 0.227 e. The molecular formula is C14H18ClNO2. The van der Waals surface area contributed by atoms with E-state index in [2.05, 4.69) is 5.32 Å². The topological polar surface area (TPSA) is 49.3 Å². The van der Waals surface area contributed by atoms with Gasteiger partial charge in [0.2, 0.25) is 5.91 Å². The summed E-state index contributed by atoms with van der Waals surface area (Å²) < 4.78 is 0. The molecule has 1 aliphatic carbocycles. The molecule has 2 atom stereocenters. The summed E-state index contributed by atoms with van der Waals surface area (Å²) in [6.07, 6.45) is 3.98. The lowest BCUT2D eigenvalue weighted by atomic mass is 9.79. The molecule has 0 bridgehead atoms. The van der Waals surface area contributed by atoms with E-state index in [0.717, 1.165) is 31.4 Å². The summed E-state index contributed by atoms with van der Waals surface area (Å²) >= 11 is 5.80. The number of benzene rings is 1. The van der Waals surface area contributed by atoms with E-state index in [-0.39, 0.29) is 24.3 Å². The highest BCUT2D eigenvalue weighted by Gasteiger charge is 2.30. The van der Waals surface area contributed by atoms with Gasteiger partial charge in [-0.2, -0.15) is 0 Å². The van der Waals surface area contributed by atoms with Crippen molar-refractivity contribution >= 4 is 23.2 Å². The predicted octanol–water partition coefficient (Wildman–Crippen LogP) is 3.08. The van der Waals surface area contributed by atoms with E-state index in [1.54, 1.807) is 24.3 Å². The summed E-state index contributed by atoms with van der Waals surface area (Å²) in [5.74, 6) is 0.0431. The van der Waals surface area contributed by atoms with Crippen LogP contribution in [0.15, 0.2) is 24.3 Å². The maximum Gasteiger partial charge on any atom is 0.227 e. The average Bonchev–Trinajstić information content (AvgIpc) is 2.41. The van der Waals surface area contributed by atoms with Crippen LogP contribution in [0.4, 0.5) is 5.69 Å². The molecule has 3 nitrogen and oxygen atoms in total. The van der Waals surface area contributed by atoms with Crippen LogP contribution < -0.4 is 5.32 Å². The number of hydrogen-bond acceptors (Lipinski definition) is 2. The molecule has 1 aliphatic rings. The molecule has 1 aromatic carbocycles. The second-order valence-electron chi connectivity index (χ2n) is 4.83. The molecule has 0 spiro atoms. The molecule has 1 aromatic rings. The molecular weight excluding hydrogens is 250 g/mol. The highest BCUT2D eigenvalue weighted by molar-refractivity contribution is 6.30. The molecule has 1 fully saturated rings. The Balaban J connectivity index is 2.00. The fourth-order valence-corrected chi connectivity index (χ4v) is 2.67. The SMILES string of the molecule is O=C(Nc1ccc(Cl)cc1)C1CCCCC1CO. The molecule has 0 heterocycles. The van der Waals surface area contributed by atoms with Crippen molar-refractivity contribution in [2.75, 3.05) is 11.9 Å². The first-order chi connectivity index (χ1) is 8.70. The molecule has 18 heavy (non-hydrogen) atoms. The first-order valence-electron chi connectivity index (χ1n) is 6.38. The number of aliphatic hydroxyl groups excluding tert-OH is 1. The summed E-state index contributed by atoms with van der Waals surface area (Å²) in [6, 6.07) is 7.08. The standard InChI is InChI=1S/C14H18ClNO2/c15-11-5-7-12(8-6-11)16-14(18)13-4-2-1-3-10(13)9-17/h5-8,10,13,17H,1-4,9H2,(H,16,18). The Bertz CT molecular complexity index is 405. The molecule has 4 heteroatoms. The van der Waals surface area contributed by atoms with Crippen molar-refractivity contribution in [3.8, 4) is 0 Å². The molecule has 2 unspecified atom stereocenters. The van der Waals surface area contributed by atoms with Gasteiger partial charge in [0.05, 0.1) is 0 Å². The number of aliphatic hydroxyl groups is 1. The summed E-state index contributed by atoms with van der Waals surface area (Å²) in [4.78, 5) is 12.2. The second-order valence-corrected chi connectivity index (χ2v) is 5.27. The van der Waals surface area contributed by atoms with Crippen molar-refractivity contribution in [1.82, 2.24) is 0 Å². The van der Waals surface area contributed by atoms with Crippen LogP contribution in [0, 0.1) is 11.8 Å². The molecule has 2 rings (SSSR count). The van der Waals surface area contributed by atoms with Crippen LogP contribution >= 0.6 is 11.6 Å². The Kier molecular flexibility index (Phi) is 4.61. The third-order valence-corrected chi connectivity index (χ3v) is 3.84. The van der Waals surface area contributed by atoms with Gasteiger partial charge in [0.15, 0.2) is 0 Å². The van der Waals surface area contributed by atoms with E-state index in [9.17, 15) is 9.90 Å². The monoisotopic (exact) mass is 267 g/mol. The van der Waals surface area contributed by atoms with Crippen LogP contribution in [0.25, 0.3) is 0 Å². The molecule has 0 aromatic heterocycles. The average molecular weight is 268 g/mol. The van der Waals surface area contributed by atoms with Gasteiger partial charge in [-0.1, -0.05) is 24.4 Å². The van der Waals surface area contributed by atoms with Crippen LogP contribution in [-0.2, 0) is 4.79 Å². The van der Waals surface area contributed by atoms with Crippen molar-refractivity contribution in [2.24, 2.45) is 11.8 Å². The number of nitrogens with one attached hydrogen (secondary N) is 1. The fraction of sp³-hybridized carbons (Fsp3) is 0.500. The highest BCUT2D eigenvalue weighted by Crippen LogP contribution is 2.30. The Morgan fingerprint density at radius 1 is 1.28 bits per heavy atom. The van der Waals surface area contributed by atoms with Gasteiger partial charge in [-0.15, -0.1) is 0 Å². The van der Waals surface area contributed by atoms with Crippen molar-refractivity contribution in [2.45, 2.75) is 25.7 Å². The van der Waals surface area contributed by atoms with Gasteiger partial charge in [0.1, 0.15) is 0 Å². The van der Waals surface area contributed by atoms with E-state index in [4.69, 9.17) is 11.6 Å². The zero-order valence-corrected chi connectivity index (χ0v) is 11.0. The van der Waals surface area contributed by atoms with E-state index in [1.165, 1.54) is 0 Å². The third kappa shape index (κ3) is 3.24. The van der Waals surface area contributed by atoms with E-state index < -0.39 is 0 Å². The van der Waals surface area contributed by atoms with Gasteiger partial charge < -0.3 is 10.4 Å². The van der Waals surface area contributed by atoms with Gasteiger partial charge in [0.25, 0.3) is 0 Å². The van der Waals surface area contributed by atoms with Crippen LogP contribution in [0.3, 0.4) is 0 Å². The third-order valence-electron chi connectivity index (χ3n) is 3.59. The number of amides is 1. The largest absolute Gasteiger partial charge is 0.396 e. The number of rotatable bonds is 3. The maximum atomic E-state index is 12.2. The number of hydrogen-bond donors (Lipinski definition) is 2. The number of carbonyl (C=O) groups is 1. The summed E-state index contributed by atoms with van der Waals surface area (Å²) in [6.45, 7) is 0.0959. The summed E-state index contributed by atoms with van der Waals surface area (Å²) in [7, 11) is 0. The Morgan fingerprint density at radius 3 is 2.61 bits per heavy atom. The lowest BCUT2D eigenvalue weighted by Gasteiger charge is -2.29. The minimum Gasteiger partial charge on any atom is -0.396 e. The molecule has 1 saturated carbocycles. The van der Waals surface area contributed by atoms with Gasteiger partial charge >= 0.3 is 0 Å². The number of halogens is 1. The predicted molar refractivity (Wildman–Crippen MR) is 72.6 cm³/mol. The molecule has 0 radical (unpaired) electrons.